The molecular formula is C41H80O2. The van der Waals surface area contributed by atoms with Crippen LogP contribution in [0.1, 0.15) is 226 Å². The summed E-state index contributed by atoms with van der Waals surface area (Å²) >= 11 is 0. The first kappa shape index (κ1) is 44.3. The Morgan fingerprint density at radius 2 is 0.884 bits per heavy atom. The number of unbranched alkanes of at least 4 members (excludes halogenated alkanes) is 23. The Hall–Kier alpha value is -0.780. The van der Waals surface area contributed by atoms with Gasteiger partial charge in [-0.3, -0.25) is 0 Å². The Morgan fingerprint density at radius 1 is 0.488 bits per heavy atom. The van der Waals surface area contributed by atoms with Crippen molar-refractivity contribution >= 4 is 0 Å². The fourth-order valence-electron chi connectivity index (χ4n) is 5.53. The van der Waals surface area contributed by atoms with Gasteiger partial charge >= 0.3 is 0 Å². The second kappa shape index (κ2) is 43.3. The molecule has 1 aliphatic carbocycles. The number of allylic oxidation sites excluding steroid dienone is 2. The van der Waals surface area contributed by atoms with Crippen LogP contribution in [0, 0.1) is 11.8 Å². The highest BCUT2D eigenvalue weighted by Crippen LogP contribution is 2.16. The van der Waals surface area contributed by atoms with Crippen molar-refractivity contribution in [2.24, 2.45) is 0 Å². The van der Waals surface area contributed by atoms with E-state index in [1.165, 1.54) is 167 Å². The SMILES string of the molecule is CCC#CCCCCCCCCCCCCCCCC.CCCCCCCC/C=C\CCCCCO.OC1CCCCC1. The van der Waals surface area contributed by atoms with Gasteiger partial charge in [0.15, 0.2) is 0 Å². The molecule has 43 heavy (non-hydrogen) atoms. The Kier molecular flexibility index (Phi) is 44.7. The molecule has 2 heteroatoms. The first-order chi connectivity index (χ1) is 21.2. The molecule has 0 heterocycles. The molecule has 0 unspecified atom stereocenters. The van der Waals surface area contributed by atoms with Gasteiger partial charge in [-0.15, -0.1) is 11.8 Å². The van der Waals surface area contributed by atoms with E-state index in [0.717, 1.165) is 38.5 Å². The van der Waals surface area contributed by atoms with Gasteiger partial charge in [0.2, 0.25) is 0 Å². The van der Waals surface area contributed by atoms with Gasteiger partial charge in [0.25, 0.3) is 0 Å². The zero-order valence-electron chi connectivity index (χ0n) is 30.0. The van der Waals surface area contributed by atoms with Crippen LogP contribution in [0.25, 0.3) is 0 Å². The van der Waals surface area contributed by atoms with E-state index in [0.29, 0.717) is 6.61 Å². The highest BCUT2D eigenvalue weighted by Gasteiger charge is 2.07. The van der Waals surface area contributed by atoms with E-state index >= 15 is 0 Å². The minimum atomic E-state index is 0.0359. The summed E-state index contributed by atoms with van der Waals surface area (Å²) in [5.41, 5.74) is 0. The van der Waals surface area contributed by atoms with Crippen LogP contribution < -0.4 is 0 Å². The summed E-state index contributed by atoms with van der Waals surface area (Å²) in [4.78, 5) is 0. The van der Waals surface area contributed by atoms with Crippen LogP contribution in [-0.4, -0.2) is 22.9 Å². The third kappa shape index (κ3) is 45.8. The van der Waals surface area contributed by atoms with Crippen molar-refractivity contribution in [3.63, 3.8) is 0 Å². The van der Waals surface area contributed by atoms with Gasteiger partial charge in [-0.2, -0.15) is 0 Å². The van der Waals surface area contributed by atoms with Crippen LogP contribution in [0.3, 0.4) is 0 Å². The van der Waals surface area contributed by atoms with Crippen molar-refractivity contribution in [1.82, 2.24) is 0 Å². The van der Waals surface area contributed by atoms with Gasteiger partial charge in [-0.1, -0.05) is 174 Å². The summed E-state index contributed by atoms with van der Waals surface area (Å²) in [6.45, 7) is 7.03. The predicted molar refractivity (Wildman–Crippen MR) is 195 cm³/mol. The summed E-state index contributed by atoms with van der Waals surface area (Å²) in [7, 11) is 0. The zero-order chi connectivity index (χ0) is 31.7. The molecule has 1 rings (SSSR count). The van der Waals surface area contributed by atoms with Crippen LogP contribution >= 0.6 is 0 Å². The average Bonchev–Trinajstić information content (AvgIpc) is 3.02. The first-order valence-corrected chi connectivity index (χ1v) is 19.6. The van der Waals surface area contributed by atoms with Gasteiger partial charge in [-0.25, -0.2) is 0 Å². The molecule has 0 amide bonds. The average molecular weight is 605 g/mol. The Bertz CT molecular complexity index is 552. The van der Waals surface area contributed by atoms with Crippen molar-refractivity contribution in [1.29, 1.82) is 0 Å². The Morgan fingerprint density at radius 3 is 1.26 bits per heavy atom. The number of aliphatic hydroxyl groups is 2. The minimum Gasteiger partial charge on any atom is -0.396 e. The van der Waals surface area contributed by atoms with Crippen LogP contribution in [0.15, 0.2) is 12.2 Å². The Labute approximate surface area is 272 Å². The van der Waals surface area contributed by atoms with Crippen LogP contribution in [-0.2, 0) is 0 Å². The molecule has 1 saturated carbocycles. The van der Waals surface area contributed by atoms with E-state index in [4.69, 9.17) is 10.2 Å². The molecule has 0 aromatic carbocycles. The smallest absolute Gasteiger partial charge is 0.0540 e. The quantitative estimate of drug-likeness (QED) is 0.0585. The van der Waals surface area contributed by atoms with E-state index in [2.05, 4.69) is 44.8 Å². The van der Waals surface area contributed by atoms with Crippen molar-refractivity contribution in [3.05, 3.63) is 12.2 Å². The standard InChI is InChI=1S/C20H38.C15H30O.C6H12O/c1-3-5-7-9-11-13-15-17-19-20-18-16-14-12-10-8-6-4-2;1-2-3-4-5-6-7-8-9-10-11-12-13-14-15-16;7-6-4-2-1-3-5-6/h3-5,7,9-20H2,1-2H3;9-10,16H,2-8,11-15H2,1H3;6-7H,1-5H2/b;10-9-;. The van der Waals surface area contributed by atoms with Crippen LogP contribution in [0.4, 0.5) is 0 Å². The highest BCUT2D eigenvalue weighted by atomic mass is 16.3. The lowest BCUT2D eigenvalue weighted by Crippen LogP contribution is -2.09. The first-order valence-electron chi connectivity index (χ1n) is 19.6. The van der Waals surface area contributed by atoms with Crippen molar-refractivity contribution < 1.29 is 10.2 Å². The maximum Gasteiger partial charge on any atom is 0.0540 e. The third-order valence-electron chi connectivity index (χ3n) is 8.45. The van der Waals surface area contributed by atoms with Gasteiger partial charge in [0.05, 0.1) is 6.10 Å². The lowest BCUT2D eigenvalue weighted by Gasteiger charge is -2.14. The van der Waals surface area contributed by atoms with E-state index in [-0.39, 0.29) is 6.10 Å². The fourth-order valence-corrected chi connectivity index (χ4v) is 5.53. The van der Waals surface area contributed by atoms with E-state index < -0.39 is 0 Å². The Balaban J connectivity index is 0. The van der Waals surface area contributed by atoms with E-state index in [1.54, 1.807) is 0 Å². The summed E-state index contributed by atoms with van der Waals surface area (Å²) in [5.74, 6) is 6.37. The molecule has 0 aliphatic heterocycles. The molecule has 0 spiro atoms. The molecular weight excluding hydrogens is 524 g/mol. The summed E-state index contributed by atoms with van der Waals surface area (Å²) in [5, 5.41) is 17.5. The lowest BCUT2D eigenvalue weighted by atomic mass is 9.98. The molecule has 2 N–H and O–H groups in total. The van der Waals surface area contributed by atoms with E-state index in [1.807, 2.05) is 0 Å². The summed E-state index contributed by atoms with van der Waals surface area (Å²) in [6.07, 6.45) is 46.9. The number of hydrogen-bond acceptors (Lipinski definition) is 2. The van der Waals surface area contributed by atoms with Gasteiger partial charge in [0.1, 0.15) is 0 Å². The summed E-state index contributed by atoms with van der Waals surface area (Å²) in [6, 6.07) is 0. The number of rotatable bonds is 26. The normalized spacial score (nSPS) is 13.1. The van der Waals surface area contributed by atoms with Gasteiger partial charge < -0.3 is 10.2 Å². The largest absolute Gasteiger partial charge is 0.396 e. The molecule has 0 bridgehead atoms. The van der Waals surface area contributed by atoms with Crippen molar-refractivity contribution in [3.8, 4) is 11.8 Å². The van der Waals surface area contributed by atoms with Crippen molar-refractivity contribution in [2.75, 3.05) is 6.61 Å². The zero-order valence-corrected chi connectivity index (χ0v) is 30.0. The van der Waals surface area contributed by atoms with E-state index in [9.17, 15) is 0 Å². The topological polar surface area (TPSA) is 40.5 Å². The highest BCUT2D eigenvalue weighted by molar-refractivity contribution is 4.97. The lowest BCUT2D eigenvalue weighted by molar-refractivity contribution is 0.130. The molecule has 2 nitrogen and oxygen atoms in total. The maximum atomic E-state index is 8.91. The van der Waals surface area contributed by atoms with Crippen LogP contribution in [0.2, 0.25) is 0 Å². The number of hydrogen-bond donors (Lipinski definition) is 2. The van der Waals surface area contributed by atoms with Gasteiger partial charge in [-0.05, 0) is 51.4 Å². The molecule has 1 fully saturated rings. The molecule has 0 aromatic heterocycles. The monoisotopic (exact) mass is 605 g/mol. The minimum absolute atomic E-state index is 0.0359. The molecule has 0 aromatic rings. The second-order valence-electron chi connectivity index (χ2n) is 12.9. The molecule has 0 radical (unpaired) electrons. The number of aliphatic hydroxyl groups excluding tert-OH is 2. The van der Waals surface area contributed by atoms with Crippen molar-refractivity contribution in [2.45, 2.75) is 232 Å². The third-order valence-corrected chi connectivity index (χ3v) is 8.45. The molecule has 0 saturated heterocycles. The molecule has 256 valence electrons. The second-order valence-corrected chi connectivity index (χ2v) is 12.9. The summed E-state index contributed by atoms with van der Waals surface area (Å²) < 4.78 is 0. The maximum absolute atomic E-state index is 8.91. The van der Waals surface area contributed by atoms with Gasteiger partial charge in [0, 0.05) is 19.4 Å². The van der Waals surface area contributed by atoms with Crippen LogP contribution in [0.5, 0.6) is 0 Å². The fraction of sp³-hybridized carbons (Fsp3) is 0.902. The predicted octanol–water partition coefficient (Wildman–Crippen LogP) is 13.4. The molecule has 1 aliphatic rings. The molecule has 0 atom stereocenters.